The Hall–Kier alpha value is -0.300. The maximum Gasteiger partial charge on any atom is 0.164 e. The van der Waals surface area contributed by atoms with E-state index in [0.29, 0.717) is 6.04 Å². The van der Waals surface area contributed by atoms with Crippen LogP contribution in [0, 0.1) is 0 Å². The maximum atomic E-state index is 4.45. The quantitative estimate of drug-likeness (QED) is 0.728. The number of hydrogen-bond acceptors (Lipinski definition) is 6. The molecule has 2 N–H and O–H groups in total. The van der Waals surface area contributed by atoms with Crippen LogP contribution in [-0.4, -0.2) is 47.4 Å². The summed E-state index contributed by atoms with van der Waals surface area (Å²) in [6, 6.07) is 0.422. The lowest BCUT2D eigenvalue weighted by molar-refractivity contribution is 0.0754. The van der Waals surface area contributed by atoms with Crippen LogP contribution >= 0.6 is 11.8 Å². The van der Waals surface area contributed by atoms with E-state index in [9.17, 15) is 0 Å². The van der Waals surface area contributed by atoms with Crippen LogP contribution < -0.4 is 10.9 Å². The van der Waals surface area contributed by atoms with Gasteiger partial charge in [-0.15, -0.1) is 11.8 Å². The van der Waals surface area contributed by atoms with Crippen LogP contribution in [0.3, 0.4) is 0 Å². The van der Waals surface area contributed by atoms with Gasteiger partial charge in [-0.3, -0.25) is 10.4 Å². The van der Waals surface area contributed by atoms with Gasteiger partial charge < -0.3 is 0 Å². The minimum atomic E-state index is 0.176. The molecule has 0 bridgehead atoms. The minimum Gasteiger partial charge on any atom is -0.282 e. The van der Waals surface area contributed by atoms with E-state index in [4.69, 9.17) is 0 Å². The third-order valence-corrected chi connectivity index (χ3v) is 2.70. The number of hydrazine groups is 2. The molecule has 0 saturated heterocycles. The fourth-order valence-electron chi connectivity index (χ4n) is 1.41. The lowest BCUT2D eigenvalue weighted by Crippen LogP contribution is -2.57. The highest BCUT2D eigenvalue weighted by Crippen LogP contribution is 2.14. The second-order valence-electron chi connectivity index (χ2n) is 3.70. The monoisotopic (exact) mass is 231 g/mol. The number of nitrogens with one attached hydrogen (secondary N) is 2. The molecule has 6 heteroatoms. The van der Waals surface area contributed by atoms with Gasteiger partial charge in [0, 0.05) is 12.6 Å². The van der Waals surface area contributed by atoms with Crippen molar-refractivity contribution in [1.29, 1.82) is 0 Å². The Morgan fingerprint density at radius 3 is 2.87 bits per heavy atom. The first-order valence-corrected chi connectivity index (χ1v) is 6.55. The molecule has 0 spiro atoms. The largest absolute Gasteiger partial charge is 0.282 e. The van der Waals surface area contributed by atoms with Crippen molar-refractivity contribution >= 4 is 18.1 Å². The molecule has 1 aliphatic rings. The molecular formula is C9H21N5S. The summed E-state index contributed by atoms with van der Waals surface area (Å²) < 4.78 is 0. The number of hydrogen-bond donors (Lipinski definition) is 2. The van der Waals surface area contributed by atoms with Crippen LogP contribution in [0.2, 0.25) is 0 Å². The highest BCUT2D eigenvalue weighted by atomic mass is 32.2. The van der Waals surface area contributed by atoms with Gasteiger partial charge in [0.25, 0.3) is 0 Å². The normalized spacial score (nSPS) is 22.7. The Labute approximate surface area is 96.2 Å². The van der Waals surface area contributed by atoms with Crippen LogP contribution in [0.1, 0.15) is 20.8 Å². The number of thioether (sulfide) groups is 1. The van der Waals surface area contributed by atoms with Gasteiger partial charge in [0.2, 0.25) is 0 Å². The molecule has 0 aromatic heterocycles. The standard InChI is InChI=1S/C9H21N5S/c1-5-11-14-7-13(12-8(2)3)6-10-9(14)15-4/h6,8-9,11-12H,5,7H2,1-4H3. The summed E-state index contributed by atoms with van der Waals surface area (Å²) in [5.74, 6) is 0. The Balaban J connectivity index is 2.53. The lowest BCUT2D eigenvalue weighted by atomic mass is 10.4. The Kier molecular flexibility index (Phi) is 5.38. The average molecular weight is 231 g/mol. The SMILES string of the molecule is CCNN1CN(NC(C)C)C=NC1SC. The van der Waals surface area contributed by atoms with Crippen LogP contribution in [0.15, 0.2) is 4.99 Å². The van der Waals surface area contributed by atoms with E-state index in [1.165, 1.54) is 0 Å². The first-order chi connectivity index (χ1) is 7.17. The van der Waals surface area contributed by atoms with Gasteiger partial charge in [-0.05, 0) is 20.1 Å². The predicted molar refractivity (Wildman–Crippen MR) is 66.3 cm³/mol. The highest BCUT2D eigenvalue weighted by Gasteiger charge is 2.21. The van der Waals surface area contributed by atoms with Crippen molar-refractivity contribution < 1.29 is 0 Å². The molecule has 1 heterocycles. The van der Waals surface area contributed by atoms with Gasteiger partial charge in [0.1, 0.15) is 13.0 Å². The van der Waals surface area contributed by atoms with Crippen LogP contribution in [-0.2, 0) is 0 Å². The molecule has 0 fully saturated rings. The molecule has 0 aromatic rings. The molecule has 0 radical (unpaired) electrons. The van der Waals surface area contributed by atoms with Crippen LogP contribution in [0.5, 0.6) is 0 Å². The third kappa shape index (κ3) is 3.98. The molecule has 15 heavy (non-hydrogen) atoms. The van der Waals surface area contributed by atoms with E-state index in [0.717, 1.165) is 13.2 Å². The zero-order valence-corrected chi connectivity index (χ0v) is 10.7. The van der Waals surface area contributed by atoms with Crippen molar-refractivity contribution in [3.8, 4) is 0 Å². The second-order valence-corrected chi connectivity index (χ2v) is 4.60. The molecule has 1 unspecified atom stereocenters. The van der Waals surface area contributed by atoms with Gasteiger partial charge >= 0.3 is 0 Å². The van der Waals surface area contributed by atoms with Crippen LogP contribution in [0.4, 0.5) is 0 Å². The predicted octanol–water partition coefficient (Wildman–Crippen LogP) is 0.674. The van der Waals surface area contributed by atoms with E-state index in [1.54, 1.807) is 11.8 Å². The highest BCUT2D eigenvalue weighted by molar-refractivity contribution is 7.99. The number of nitrogens with zero attached hydrogens (tertiary/aromatic N) is 3. The molecule has 0 amide bonds. The summed E-state index contributed by atoms with van der Waals surface area (Å²) in [6.07, 6.45) is 3.94. The number of rotatable bonds is 5. The summed E-state index contributed by atoms with van der Waals surface area (Å²) in [5.41, 5.74) is 6.79. The fraction of sp³-hybridized carbons (Fsp3) is 0.889. The summed E-state index contributed by atoms with van der Waals surface area (Å²) in [7, 11) is 0. The summed E-state index contributed by atoms with van der Waals surface area (Å²) in [6.45, 7) is 8.05. The molecule has 5 nitrogen and oxygen atoms in total. The summed E-state index contributed by atoms with van der Waals surface area (Å²) in [5, 5.41) is 4.13. The van der Waals surface area contributed by atoms with Gasteiger partial charge in [0.15, 0.2) is 5.50 Å². The van der Waals surface area contributed by atoms with Crippen LogP contribution in [0.25, 0.3) is 0 Å². The average Bonchev–Trinajstić information content (AvgIpc) is 2.18. The molecular weight excluding hydrogens is 210 g/mol. The first-order valence-electron chi connectivity index (χ1n) is 5.26. The van der Waals surface area contributed by atoms with E-state index in [1.807, 2.05) is 11.3 Å². The Morgan fingerprint density at radius 1 is 1.60 bits per heavy atom. The van der Waals surface area contributed by atoms with E-state index in [2.05, 4.69) is 47.9 Å². The Morgan fingerprint density at radius 2 is 2.33 bits per heavy atom. The van der Waals surface area contributed by atoms with Crippen molar-refractivity contribution in [2.45, 2.75) is 32.3 Å². The zero-order valence-electron chi connectivity index (χ0n) is 9.90. The lowest BCUT2D eigenvalue weighted by Gasteiger charge is -2.37. The molecule has 88 valence electrons. The summed E-state index contributed by atoms with van der Waals surface area (Å²) in [4.78, 5) is 4.45. The van der Waals surface area contributed by atoms with Gasteiger partial charge in [-0.1, -0.05) is 6.92 Å². The van der Waals surface area contributed by atoms with Crippen molar-refractivity contribution in [2.24, 2.45) is 4.99 Å². The van der Waals surface area contributed by atoms with Gasteiger partial charge in [0.05, 0.1) is 0 Å². The van der Waals surface area contributed by atoms with Crippen molar-refractivity contribution in [3.05, 3.63) is 0 Å². The molecule has 0 aliphatic carbocycles. The van der Waals surface area contributed by atoms with Crippen molar-refractivity contribution in [2.75, 3.05) is 19.5 Å². The Bertz CT molecular complexity index is 209. The fourth-order valence-corrected chi connectivity index (χ4v) is 1.99. The van der Waals surface area contributed by atoms with Crippen molar-refractivity contribution in [3.63, 3.8) is 0 Å². The minimum absolute atomic E-state index is 0.176. The van der Waals surface area contributed by atoms with Crippen molar-refractivity contribution in [1.82, 2.24) is 20.9 Å². The molecule has 1 rings (SSSR count). The smallest absolute Gasteiger partial charge is 0.164 e. The maximum absolute atomic E-state index is 4.45. The molecule has 0 saturated carbocycles. The van der Waals surface area contributed by atoms with Gasteiger partial charge in [-0.25, -0.2) is 10.4 Å². The van der Waals surface area contributed by atoms with E-state index < -0.39 is 0 Å². The first kappa shape index (κ1) is 12.8. The van der Waals surface area contributed by atoms with E-state index in [-0.39, 0.29) is 5.50 Å². The zero-order chi connectivity index (χ0) is 11.3. The van der Waals surface area contributed by atoms with E-state index >= 15 is 0 Å². The number of aliphatic imine (C=N–C) groups is 1. The second kappa shape index (κ2) is 6.32. The molecule has 0 aromatic carbocycles. The topological polar surface area (TPSA) is 42.9 Å². The molecule has 1 aliphatic heterocycles. The third-order valence-electron chi connectivity index (χ3n) is 1.90. The van der Waals surface area contributed by atoms with Gasteiger partial charge in [-0.2, -0.15) is 5.01 Å². The molecule has 1 atom stereocenters. The summed E-state index contributed by atoms with van der Waals surface area (Å²) >= 11 is 1.73.